The summed E-state index contributed by atoms with van der Waals surface area (Å²) in [6.45, 7) is 2.18. The Morgan fingerprint density at radius 3 is 2.85 bits per heavy atom. The highest BCUT2D eigenvalue weighted by Crippen LogP contribution is 2.19. The van der Waals surface area contributed by atoms with Gasteiger partial charge in [-0.2, -0.15) is 0 Å². The molecule has 0 radical (unpaired) electrons. The van der Waals surface area contributed by atoms with Crippen molar-refractivity contribution < 1.29 is 9.53 Å². The van der Waals surface area contributed by atoms with Crippen molar-refractivity contribution >= 4 is 5.91 Å². The zero-order valence-electron chi connectivity index (χ0n) is 12.3. The maximum absolute atomic E-state index is 11.8. The smallest absolute Gasteiger partial charge is 0.258 e. The first-order chi connectivity index (χ1) is 9.69. The van der Waals surface area contributed by atoms with E-state index in [1.807, 2.05) is 31.3 Å². The topological polar surface area (TPSA) is 50.4 Å². The monoisotopic (exact) mass is 276 g/mol. The van der Waals surface area contributed by atoms with Gasteiger partial charge in [0.2, 0.25) is 0 Å². The van der Waals surface area contributed by atoms with Gasteiger partial charge in [-0.3, -0.25) is 4.79 Å². The summed E-state index contributed by atoms with van der Waals surface area (Å²) in [6, 6.07) is 8.48. The molecule has 1 aromatic rings. The second-order valence-electron chi connectivity index (χ2n) is 5.42. The van der Waals surface area contributed by atoms with Gasteiger partial charge >= 0.3 is 0 Å². The van der Waals surface area contributed by atoms with Crippen molar-refractivity contribution in [3.8, 4) is 5.75 Å². The molecule has 0 bridgehead atoms. The van der Waals surface area contributed by atoms with E-state index >= 15 is 0 Å². The Balaban J connectivity index is 1.82. The molecule has 0 aliphatic heterocycles. The van der Waals surface area contributed by atoms with Crippen molar-refractivity contribution in [1.29, 1.82) is 0 Å². The number of hydrogen-bond acceptors (Lipinski definition) is 3. The maximum atomic E-state index is 11.8. The molecule has 1 atom stereocenters. The van der Waals surface area contributed by atoms with Crippen LogP contribution >= 0.6 is 0 Å². The third kappa shape index (κ3) is 4.23. The van der Waals surface area contributed by atoms with E-state index < -0.39 is 0 Å². The largest absolute Gasteiger partial charge is 0.484 e. The van der Waals surface area contributed by atoms with E-state index in [1.54, 1.807) is 0 Å². The number of nitrogens with one attached hydrogen (secondary N) is 2. The van der Waals surface area contributed by atoms with E-state index in [2.05, 4.69) is 17.6 Å². The van der Waals surface area contributed by atoms with Crippen LogP contribution in [0.25, 0.3) is 0 Å². The molecule has 20 heavy (non-hydrogen) atoms. The summed E-state index contributed by atoms with van der Waals surface area (Å²) >= 11 is 0. The molecule has 0 heterocycles. The molecule has 4 nitrogen and oxygen atoms in total. The van der Waals surface area contributed by atoms with Crippen LogP contribution in [-0.4, -0.2) is 25.6 Å². The standard InChI is InChI=1S/C16H24N2O2/c1-12(17-2)13-6-5-9-15(10-13)20-11-16(19)18-14-7-3-4-8-14/h5-6,9-10,12,14,17H,3-4,7-8,11H2,1-2H3,(H,18,19). The van der Waals surface area contributed by atoms with Gasteiger partial charge < -0.3 is 15.4 Å². The fourth-order valence-corrected chi connectivity index (χ4v) is 2.53. The second-order valence-corrected chi connectivity index (χ2v) is 5.42. The van der Waals surface area contributed by atoms with E-state index in [-0.39, 0.29) is 18.6 Å². The molecule has 1 amide bonds. The van der Waals surface area contributed by atoms with Gasteiger partial charge in [-0.05, 0) is 44.5 Å². The number of carbonyl (C=O) groups excluding carboxylic acids is 1. The van der Waals surface area contributed by atoms with Gasteiger partial charge in [0.15, 0.2) is 6.61 Å². The molecule has 0 aromatic heterocycles. The molecule has 1 aliphatic rings. The van der Waals surface area contributed by atoms with Crippen molar-refractivity contribution in [1.82, 2.24) is 10.6 Å². The molecule has 0 saturated heterocycles. The summed E-state index contributed by atoms with van der Waals surface area (Å²) in [5, 5.41) is 6.21. The van der Waals surface area contributed by atoms with E-state index in [9.17, 15) is 4.79 Å². The molecule has 4 heteroatoms. The van der Waals surface area contributed by atoms with Crippen molar-refractivity contribution in [2.24, 2.45) is 0 Å². The summed E-state index contributed by atoms with van der Waals surface area (Å²) < 4.78 is 5.57. The van der Waals surface area contributed by atoms with Crippen molar-refractivity contribution in [3.05, 3.63) is 29.8 Å². The molecule has 0 spiro atoms. The van der Waals surface area contributed by atoms with Crippen LogP contribution in [-0.2, 0) is 4.79 Å². The lowest BCUT2D eigenvalue weighted by atomic mass is 10.1. The summed E-state index contributed by atoms with van der Waals surface area (Å²) in [7, 11) is 1.92. The highest BCUT2D eigenvalue weighted by Gasteiger charge is 2.17. The van der Waals surface area contributed by atoms with Gasteiger partial charge in [0.1, 0.15) is 5.75 Å². The lowest BCUT2D eigenvalue weighted by Gasteiger charge is -2.14. The number of hydrogen-bond donors (Lipinski definition) is 2. The van der Waals surface area contributed by atoms with Crippen LogP contribution in [0.5, 0.6) is 5.75 Å². The summed E-state index contributed by atoms with van der Waals surface area (Å²) in [5.74, 6) is 0.718. The van der Waals surface area contributed by atoms with Crippen LogP contribution < -0.4 is 15.4 Å². The SMILES string of the molecule is CNC(C)c1cccc(OCC(=O)NC2CCCC2)c1. The number of carbonyl (C=O) groups is 1. The van der Waals surface area contributed by atoms with E-state index in [4.69, 9.17) is 4.74 Å². The van der Waals surface area contributed by atoms with Gasteiger partial charge in [-0.25, -0.2) is 0 Å². The molecule has 1 saturated carbocycles. The maximum Gasteiger partial charge on any atom is 0.258 e. The molecule has 1 fully saturated rings. The van der Waals surface area contributed by atoms with Crippen molar-refractivity contribution in [3.63, 3.8) is 0 Å². The quantitative estimate of drug-likeness (QED) is 0.839. The van der Waals surface area contributed by atoms with Crippen molar-refractivity contribution in [2.45, 2.75) is 44.7 Å². The predicted octanol–water partition coefficient (Wildman–Crippen LogP) is 2.40. The van der Waals surface area contributed by atoms with Gasteiger partial charge in [-0.15, -0.1) is 0 Å². The van der Waals surface area contributed by atoms with Crippen LogP contribution in [0, 0.1) is 0 Å². The first-order valence-electron chi connectivity index (χ1n) is 7.38. The van der Waals surface area contributed by atoms with Crippen LogP contribution in [0.4, 0.5) is 0 Å². The van der Waals surface area contributed by atoms with Gasteiger partial charge in [0.25, 0.3) is 5.91 Å². The highest BCUT2D eigenvalue weighted by atomic mass is 16.5. The summed E-state index contributed by atoms with van der Waals surface area (Å²) in [6.07, 6.45) is 4.63. The third-order valence-corrected chi connectivity index (χ3v) is 3.88. The number of benzene rings is 1. The summed E-state index contributed by atoms with van der Waals surface area (Å²) in [4.78, 5) is 11.8. The predicted molar refractivity (Wildman–Crippen MR) is 79.8 cm³/mol. The normalized spacial score (nSPS) is 16.9. The van der Waals surface area contributed by atoms with Gasteiger partial charge in [-0.1, -0.05) is 25.0 Å². The third-order valence-electron chi connectivity index (χ3n) is 3.88. The molecule has 1 unspecified atom stereocenters. The molecular weight excluding hydrogens is 252 g/mol. The minimum atomic E-state index is -0.0241. The zero-order valence-corrected chi connectivity index (χ0v) is 12.3. The van der Waals surface area contributed by atoms with Gasteiger partial charge in [0, 0.05) is 12.1 Å². The highest BCUT2D eigenvalue weighted by molar-refractivity contribution is 5.77. The van der Waals surface area contributed by atoms with Crippen molar-refractivity contribution in [2.75, 3.05) is 13.7 Å². The molecule has 2 rings (SSSR count). The first kappa shape index (κ1) is 14.9. The Morgan fingerprint density at radius 1 is 1.40 bits per heavy atom. The van der Waals surface area contributed by atoms with Gasteiger partial charge in [0.05, 0.1) is 0 Å². The van der Waals surface area contributed by atoms with E-state index in [0.29, 0.717) is 6.04 Å². The molecular formula is C16H24N2O2. The molecule has 2 N–H and O–H groups in total. The molecule has 1 aromatic carbocycles. The second kappa shape index (κ2) is 7.29. The Hall–Kier alpha value is -1.55. The number of rotatable bonds is 6. The molecule has 1 aliphatic carbocycles. The minimum Gasteiger partial charge on any atom is -0.484 e. The fraction of sp³-hybridized carbons (Fsp3) is 0.562. The zero-order chi connectivity index (χ0) is 14.4. The number of ether oxygens (including phenoxy) is 1. The molecule has 110 valence electrons. The Morgan fingerprint density at radius 2 is 2.15 bits per heavy atom. The van der Waals surface area contributed by atoms with Crippen LogP contribution in [0.1, 0.15) is 44.2 Å². The first-order valence-corrected chi connectivity index (χ1v) is 7.38. The van der Waals surface area contributed by atoms with E-state index in [0.717, 1.165) is 24.2 Å². The van der Waals surface area contributed by atoms with E-state index in [1.165, 1.54) is 12.8 Å². The Bertz CT molecular complexity index is 442. The lowest BCUT2D eigenvalue weighted by Crippen LogP contribution is -2.36. The van der Waals surface area contributed by atoms with Crippen LogP contribution in [0.3, 0.4) is 0 Å². The average molecular weight is 276 g/mol. The van der Waals surface area contributed by atoms with Crippen LogP contribution in [0.15, 0.2) is 24.3 Å². The Labute approximate surface area is 120 Å². The van der Waals surface area contributed by atoms with Crippen LogP contribution in [0.2, 0.25) is 0 Å². The fourth-order valence-electron chi connectivity index (χ4n) is 2.53. The summed E-state index contributed by atoms with van der Waals surface area (Å²) in [5.41, 5.74) is 1.15. The minimum absolute atomic E-state index is 0.0241. The Kier molecular flexibility index (Phi) is 5.41. The lowest BCUT2D eigenvalue weighted by molar-refractivity contribution is -0.123. The average Bonchev–Trinajstić information content (AvgIpc) is 2.97. The number of amides is 1.